The maximum absolute atomic E-state index is 13.1. The van der Waals surface area contributed by atoms with E-state index >= 15 is 0 Å². The molecular formula is C25H31ClN2O4S. The Hall–Kier alpha value is -2.51. The highest BCUT2D eigenvalue weighted by Gasteiger charge is 2.27. The molecule has 2 atom stereocenters. The van der Waals surface area contributed by atoms with Gasteiger partial charge in [0.2, 0.25) is 5.91 Å². The van der Waals surface area contributed by atoms with Crippen LogP contribution in [0.2, 0.25) is 5.02 Å². The first kappa shape index (κ1) is 26.7. The number of ether oxygens (including phenoxy) is 1. The third-order valence-electron chi connectivity index (χ3n) is 4.87. The molecule has 2 unspecified atom stereocenters. The van der Waals surface area contributed by atoms with Crippen LogP contribution in [0.25, 0.3) is 0 Å². The number of rotatable bonds is 12. The molecule has 6 nitrogen and oxygen atoms in total. The summed E-state index contributed by atoms with van der Waals surface area (Å²) in [7, 11) is 0. The standard InChI is InChI=1S/C25H31ClN2O4S/c1-17(2)13-22(28-25(31)32-15-19-7-5-4-6-8-19)24(30)27-21(23(29)16-33-3)14-18-9-11-20(26)12-10-18/h4-12,17,21-22H,13-16H2,1-3H3,(H,27,30)(H,28,31). The van der Waals surface area contributed by atoms with Gasteiger partial charge in [-0.15, -0.1) is 0 Å². The monoisotopic (exact) mass is 490 g/mol. The molecule has 0 fully saturated rings. The van der Waals surface area contributed by atoms with Gasteiger partial charge in [0, 0.05) is 5.02 Å². The third kappa shape index (κ3) is 9.88. The van der Waals surface area contributed by atoms with Gasteiger partial charge in [0.05, 0.1) is 11.8 Å². The molecule has 2 N–H and O–H groups in total. The van der Waals surface area contributed by atoms with Crippen LogP contribution in [0.3, 0.4) is 0 Å². The summed E-state index contributed by atoms with van der Waals surface area (Å²) in [6, 6.07) is 14.9. The summed E-state index contributed by atoms with van der Waals surface area (Å²) >= 11 is 7.36. The van der Waals surface area contributed by atoms with Crippen molar-refractivity contribution >= 4 is 41.1 Å². The Morgan fingerprint density at radius 3 is 2.21 bits per heavy atom. The lowest BCUT2D eigenvalue weighted by atomic mass is 10.00. The summed E-state index contributed by atoms with van der Waals surface area (Å²) in [5.41, 5.74) is 1.73. The van der Waals surface area contributed by atoms with E-state index in [0.29, 0.717) is 17.9 Å². The van der Waals surface area contributed by atoms with E-state index in [9.17, 15) is 14.4 Å². The van der Waals surface area contributed by atoms with Crippen LogP contribution in [0.4, 0.5) is 4.79 Å². The second kappa shape index (κ2) is 13.9. The van der Waals surface area contributed by atoms with Gasteiger partial charge in [-0.25, -0.2) is 4.79 Å². The summed E-state index contributed by atoms with van der Waals surface area (Å²) in [5.74, 6) is -0.0683. The Labute approximate surface area is 204 Å². The quantitative estimate of drug-likeness (QED) is 0.452. The average Bonchev–Trinajstić information content (AvgIpc) is 2.78. The number of Topliss-reactive ketones (excluding diaryl/α,β-unsaturated/α-hetero) is 1. The van der Waals surface area contributed by atoms with Crippen molar-refractivity contribution in [3.05, 3.63) is 70.7 Å². The number of thioether (sulfide) groups is 1. The normalized spacial score (nSPS) is 12.6. The number of nitrogens with one attached hydrogen (secondary N) is 2. The SMILES string of the molecule is CSCC(=O)C(Cc1ccc(Cl)cc1)NC(=O)C(CC(C)C)NC(=O)OCc1ccccc1. The minimum Gasteiger partial charge on any atom is -0.445 e. The van der Waals surface area contributed by atoms with Crippen LogP contribution in [-0.2, 0) is 27.4 Å². The van der Waals surface area contributed by atoms with E-state index in [0.717, 1.165) is 11.1 Å². The molecule has 0 spiro atoms. The molecule has 2 rings (SSSR count). The Kier molecular flexibility index (Phi) is 11.3. The molecule has 0 aromatic heterocycles. The zero-order valence-electron chi connectivity index (χ0n) is 19.2. The molecule has 0 aliphatic rings. The molecule has 2 amide bonds. The van der Waals surface area contributed by atoms with Crippen LogP contribution in [0, 0.1) is 5.92 Å². The van der Waals surface area contributed by atoms with Crippen molar-refractivity contribution in [1.82, 2.24) is 10.6 Å². The van der Waals surface area contributed by atoms with E-state index in [2.05, 4.69) is 10.6 Å². The van der Waals surface area contributed by atoms with Gasteiger partial charge in [0.1, 0.15) is 12.6 Å². The second-order valence-electron chi connectivity index (χ2n) is 8.18. The Bertz CT molecular complexity index is 906. The maximum atomic E-state index is 13.1. The zero-order valence-corrected chi connectivity index (χ0v) is 20.7. The maximum Gasteiger partial charge on any atom is 0.408 e. The molecular weight excluding hydrogens is 460 g/mol. The minimum absolute atomic E-state index is 0.0826. The molecule has 0 aliphatic carbocycles. The smallest absolute Gasteiger partial charge is 0.408 e. The average molecular weight is 491 g/mol. The Balaban J connectivity index is 2.05. The summed E-state index contributed by atoms with van der Waals surface area (Å²) in [6.45, 7) is 4.02. The molecule has 0 radical (unpaired) electrons. The lowest BCUT2D eigenvalue weighted by Gasteiger charge is -2.24. The van der Waals surface area contributed by atoms with Crippen LogP contribution in [-0.4, -0.2) is 41.9 Å². The van der Waals surface area contributed by atoms with Crippen LogP contribution in [0.15, 0.2) is 54.6 Å². The van der Waals surface area contributed by atoms with Gasteiger partial charge in [-0.3, -0.25) is 9.59 Å². The predicted octanol–water partition coefficient (Wildman–Crippen LogP) is 4.64. The van der Waals surface area contributed by atoms with Crippen LogP contribution < -0.4 is 10.6 Å². The summed E-state index contributed by atoms with van der Waals surface area (Å²) in [4.78, 5) is 38.2. The molecule has 0 heterocycles. The van der Waals surface area contributed by atoms with E-state index < -0.39 is 24.1 Å². The van der Waals surface area contributed by atoms with E-state index in [4.69, 9.17) is 16.3 Å². The largest absolute Gasteiger partial charge is 0.445 e. The highest BCUT2D eigenvalue weighted by molar-refractivity contribution is 7.99. The van der Waals surface area contributed by atoms with Gasteiger partial charge in [-0.1, -0.05) is 67.9 Å². The highest BCUT2D eigenvalue weighted by atomic mass is 35.5. The van der Waals surface area contributed by atoms with E-state index in [1.54, 1.807) is 12.1 Å². The number of amides is 2. The predicted molar refractivity (Wildman–Crippen MR) is 133 cm³/mol. The number of alkyl carbamates (subject to hydrolysis) is 1. The molecule has 0 aliphatic heterocycles. The lowest BCUT2D eigenvalue weighted by molar-refractivity contribution is -0.128. The van der Waals surface area contributed by atoms with E-state index in [1.165, 1.54) is 11.8 Å². The molecule has 178 valence electrons. The number of carbonyl (C=O) groups excluding carboxylic acids is 3. The molecule has 33 heavy (non-hydrogen) atoms. The fourth-order valence-corrected chi connectivity index (χ4v) is 3.84. The fraction of sp³-hybridized carbons (Fsp3) is 0.400. The number of benzene rings is 2. The fourth-order valence-electron chi connectivity index (χ4n) is 3.23. The van der Waals surface area contributed by atoms with Gasteiger partial charge in [0.25, 0.3) is 0 Å². The Morgan fingerprint density at radius 1 is 0.939 bits per heavy atom. The zero-order chi connectivity index (χ0) is 24.2. The van der Waals surface area contributed by atoms with Crippen molar-refractivity contribution in [2.45, 2.75) is 45.4 Å². The van der Waals surface area contributed by atoms with Crippen molar-refractivity contribution in [1.29, 1.82) is 0 Å². The van der Waals surface area contributed by atoms with Crippen LogP contribution in [0.1, 0.15) is 31.4 Å². The molecule has 0 saturated heterocycles. The first-order valence-electron chi connectivity index (χ1n) is 10.8. The van der Waals surface area contributed by atoms with E-state index in [-0.39, 0.29) is 24.1 Å². The topological polar surface area (TPSA) is 84.5 Å². The summed E-state index contributed by atoms with van der Waals surface area (Å²) < 4.78 is 5.28. The first-order valence-corrected chi connectivity index (χ1v) is 12.6. The molecule has 8 heteroatoms. The minimum atomic E-state index is -0.817. The second-order valence-corrected chi connectivity index (χ2v) is 9.48. The van der Waals surface area contributed by atoms with Gasteiger partial charge >= 0.3 is 6.09 Å². The third-order valence-corrected chi connectivity index (χ3v) is 5.70. The van der Waals surface area contributed by atoms with Gasteiger partial charge in [-0.2, -0.15) is 11.8 Å². The van der Waals surface area contributed by atoms with Crippen molar-refractivity contribution < 1.29 is 19.1 Å². The van der Waals surface area contributed by atoms with Crippen molar-refractivity contribution in [2.24, 2.45) is 5.92 Å². The van der Waals surface area contributed by atoms with Gasteiger partial charge in [0.15, 0.2) is 5.78 Å². The number of hydrogen-bond donors (Lipinski definition) is 2. The molecule has 2 aromatic carbocycles. The van der Waals surface area contributed by atoms with Gasteiger partial charge < -0.3 is 15.4 Å². The molecule has 0 bridgehead atoms. The first-order chi connectivity index (χ1) is 15.8. The molecule has 2 aromatic rings. The van der Waals surface area contributed by atoms with Crippen LogP contribution >= 0.6 is 23.4 Å². The highest BCUT2D eigenvalue weighted by Crippen LogP contribution is 2.13. The van der Waals surface area contributed by atoms with Crippen molar-refractivity contribution in [2.75, 3.05) is 12.0 Å². The Morgan fingerprint density at radius 2 is 1.61 bits per heavy atom. The van der Waals surface area contributed by atoms with E-state index in [1.807, 2.05) is 62.6 Å². The van der Waals surface area contributed by atoms with Crippen LogP contribution in [0.5, 0.6) is 0 Å². The van der Waals surface area contributed by atoms with Crippen molar-refractivity contribution in [3.63, 3.8) is 0 Å². The molecule has 0 saturated carbocycles. The number of ketones is 1. The van der Waals surface area contributed by atoms with Crippen molar-refractivity contribution in [3.8, 4) is 0 Å². The summed E-state index contributed by atoms with van der Waals surface area (Å²) in [5, 5.41) is 6.10. The number of halogens is 1. The summed E-state index contributed by atoms with van der Waals surface area (Å²) in [6.07, 6.45) is 1.92. The number of hydrogen-bond acceptors (Lipinski definition) is 5. The lowest BCUT2D eigenvalue weighted by Crippen LogP contribution is -2.53. The van der Waals surface area contributed by atoms with Gasteiger partial charge in [-0.05, 0) is 48.3 Å². The number of carbonyl (C=O) groups is 3.